The zero-order valence-corrected chi connectivity index (χ0v) is 18.8. The summed E-state index contributed by atoms with van der Waals surface area (Å²) in [5.74, 6) is -0.540. The number of urea groups is 1. The number of nitrogens with one attached hydrogen (secondary N) is 1. The predicted molar refractivity (Wildman–Crippen MR) is 120 cm³/mol. The van der Waals surface area contributed by atoms with E-state index in [0.717, 1.165) is 10.5 Å². The van der Waals surface area contributed by atoms with Crippen LogP contribution in [0.25, 0.3) is 0 Å². The van der Waals surface area contributed by atoms with Crippen LogP contribution in [0.1, 0.15) is 31.2 Å². The van der Waals surface area contributed by atoms with Crippen molar-refractivity contribution in [2.45, 2.75) is 38.1 Å². The van der Waals surface area contributed by atoms with Gasteiger partial charge in [-0.25, -0.2) is 4.79 Å². The number of Topliss-reactive ketones (excluding diaryl/α,β-unsaturated/α-hetero) is 1. The van der Waals surface area contributed by atoms with Crippen LogP contribution in [-0.2, 0) is 16.0 Å². The number of halogens is 4. The van der Waals surface area contributed by atoms with Gasteiger partial charge in [0.25, 0.3) is 0 Å². The van der Waals surface area contributed by atoms with Gasteiger partial charge in [0.05, 0.1) is 10.0 Å². The Bertz CT molecular complexity index is 996. The molecule has 1 aliphatic rings. The summed E-state index contributed by atoms with van der Waals surface area (Å²) in [5.41, 5.74) is 1.28. The second-order valence-corrected chi connectivity index (χ2v) is 8.59. The molecule has 5 nitrogen and oxygen atoms in total. The molecule has 1 atom stereocenters. The Morgan fingerprint density at radius 2 is 1.77 bits per heavy atom. The first kappa shape index (κ1) is 22.9. The van der Waals surface area contributed by atoms with Crippen molar-refractivity contribution in [1.82, 2.24) is 4.90 Å². The van der Waals surface area contributed by atoms with E-state index in [9.17, 15) is 14.4 Å². The van der Waals surface area contributed by atoms with Crippen LogP contribution in [0.5, 0.6) is 0 Å². The Morgan fingerprint density at radius 3 is 2.47 bits per heavy atom. The number of carbonyl (C=O) groups excluding carboxylic acids is 3. The van der Waals surface area contributed by atoms with E-state index in [2.05, 4.69) is 5.32 Å². The zero-order valence-electron chi connectivity index (χ0n) is 15.8. The molecule has 3 rings (SSSR count). The second-order valence-electron chi connectivity index (χ2n) is 6.93. The molecule has 30 heavy (non-hydrogen) atoms. The van der Waals surface area contributed by atoms with Crippen LogP contribution in [0.15, 0.2) is 36.4 Å². The first-order valence-corrected chi connectivity index (χ1v) is 10.8. The minimum absolute atomic E-state index is 0.147. The van der Waals surface area contributed by atoms with Crippen LogP contribution in [0.3, 0.4) is 0 Å². The van der Waals surface area contributed by atoms with Gasteiger partial charge in [-0.05, 0) is 55.2 Å². The largest absolute Gasteiger partial charge is 0.329 e. The highest BCUT2D eigenvalue weighted by Crippen LogP contribution is 2.27. The molecule has 1 saturated heterocycles. The van der Waals surface area contributed by atoms with Crippen molar-refractivity contribution < 1.29 is 14.4 Å². The third kappa shape index (κ3) is 5.46. The Kier molecular flexibility index (Phi) is 7.64. The van der Waals surface area contributed by atoms with Crippen LogP contribution in [-0.4, -0.2) is 28.7 Å². The quantitative estimate of drug-likeness (QED) is 0.511. The number of imide groups is 1. The van der Waals surface area contributed by atoms with Gasteiger partial charge in [-0.3, -0.25) is 14.5 Å². The fraction of sp³-hybridized carbons (Fsp3) is 0.286. The van der Waals surface area contributed by atoms with Gasteiger partial charge in [-0.15, -0.1) is 0 Å². The molecule has 1 N–H and O–H groups in total. The molecule has 2 aromatic rings. The zero-order chi connectivity index (χ0) is 21.8. The fourth-order valence-electron chi connectivity index (χ4n) is 3.35. The van der Waals surface area contributed by atoms with Crippen LogP contribution < -0.4 is 5.32 Å². The lowest BCUT2D eigenvalue weighted by Crippen LogP contribution is -2.45. The number of anilines is 1. The first-order chi connectivity index (χ1) is 14.3. The molecule has 0 aliphatic carbocycles. The Labute approximate surface area is 194 Å². The number of carbonyl (C=O) groups is 3. The van der Waals surface area contributed by atoms with Gasteiger partial charge >= 0.3 is 6.03 Å². The van der Waals surface area contributed by atoms with Gasteiger partial charge in [0.2, 0.25) is 5.91 Å². The number of benzene rings is 2. The summed E-state index contributed by atoms with van der Waals surface area (Å²) < 4.78 is 0. The summed E-state index contributed by atoms with van der Waals surface area (Å²) in [6, 6.07) is 8.38. The first-order valence-electron chi connectivity index (χ1n) is 9.31. The second kappa shape index (κ2) is 10.0. The summed E-state index contributed by atoms with van der Waals surface area (Å²) in [6.07, 6.45) is 1.83. The molecular formula is C21H18Cl4N2O3. The maximum absolute atomic E-state index is 12.7. The highest BCUT2D eigenvalue weighted by atomic mass is 35.5. The summed E-state index contributed by atoms with van der Waals surface area (Å²) >= 11 is 23.9. The van der Waals surface area contributed by atoms with Crippen LogP contribution >= 0.6 is 46.4 Å². The third-order valence-electron chi connectivity index (χ3n) is 4.86. The lowest BCUT2D eigenvalue weighted by atomic mass is 10.0. The van der Waals surface area contributed by atoms with Gasteiger partial charge in [0, 0.05) is 28.6 Å². The van der Waals surface area contributed by atoms with E-state index >= 15 is 0 Å². The van der Waals surface area contributed by atoms with Crippen molar-refractivity contribution >= 4 is 69.8 Å². The molecule has 0 unspecified atom stereocenters. The number of hydrogen-bond donors (Lipinski definition) is 1. The highest BCUT2D eigenvalue weighted by molar-refractivity contribution is 6.42. The average Bonchev–Trinajstić information content (AvgIpc) is 3.08. The van der Waals surface area contributed by atoms with E-state index in [-0.39, 0.29) is 29.6 Å². The lowest BCUT2D eigenvalue weighted by molar-refractivity contribution is -0.131. The van der Waals surface area contributed by atoms with Crippen molar-refractivity contribution in [3.63, 3.8) is 0 Å². The lowest BCUT2D eigenvalue weighted by Gasteiger charge is -2.22. The molecule has 0 spiro atoms. The highest BCUT2D eigenvalue weighted by Gasteiger charge is 2.39. The Hall–Kier alpha value is -1.79. The van der Waals surface area contributed by atoms with Crippen molar-refractivity contribution in [3.05, 3.63) is 62.1 Å². The van der Waals surface area contributed by atoms with Crippen molar-refractivity contribution in [2.75, 3.05) is 5.32 Å². The molecule has 0 saturated carbocycles. The third-order valence-corrected chi connectivity index (χ3v) is 6.18. The van der Waals surface area contributed by atoms with Crippen molar-refractivity contribution in [3.8, 4) is 0 Å². The normalized spacial score (nSPS) is 16.1. The van der Waals surface area contributed by atoms with Gasteiger partial charge < -0.3 is 5.32 Å². The monoisotopic (exact) mass is 486 g/mol. The number of ketones is 1. The summed E-state index contributed by atoms with van der Waals surface area (Å²) in [4.78, 5) is 38.6. The number of likely N-dealkylation sites (tertiary alicyclic amines) is 1. The SMILES string of the molecule is O=C(CCCc1ccc(Cl)cc1Cl)[C@@H]1CCC(=O)N1C(=O)Nc1ccc(Cl)c(Cl)c1. The predicted octanol–water partition coefficient (Wildman–Crippen LogP) is 6.42. The Balaban J connectivity index is 1.60. The fourth-order valence-corrected chi connectivity index (χ4v) is 4.15. The molecule has 2 aromatic carbocycles. The van der Waals surface area contributed by atoms with E-state index in [0.29, 0.717) is 40.0 Å². The smallest absolute Gasteiger partial charge is 0.307 e. The summed E-state index contributed by atoms with van der Waals surface area (Å²) in [6.45, 7) is 0. The number of aryl methyl sites for hydroxylation is 1. The molecule has 0 aromatic heterocycles. The van der Waals surface area contributed by atoms with E-state index < -0.39 is 12.1 Å². The van der Waals surface area contributed by atoms with E-state index in [1.165, 1.54) is 12.1 Å². The van der Waals surface area contributed by atoms with Gasteiger partial charge in [0.15, 0.2) is 5.78 Å². The molecular weight excluding hydrogens is 470 g/mol. The maximum Gasteiger partial charge on any atom is 0.329 e. The van der Waals surface area contributed by atoms with E-state index in [4.69, 9.17) is 46.4 Å². The Morgan fingerprint density at radius 1 is 1.00 bits per heavy atom. The number of rotatable bonds is 6. The number of amides is 3. The molecule has 1 heterocycles. The number of nitrogens with zero attached hydrogens (tertiary/aromatic N) is 1. The van der Waals surface area contributed by atoms with Crippen molar-refractivity contribution in [2.24, 2.45) is 0 Å². The number of hydrogen-bond acceptors (Lipinski definition) is 3. The van der Waals surface area contributed by atoms with Gasteiger partial charge in [-0.2, -0.15) is 0 Å². The summed E-state index contributed by atoms with van der Waals surface area (Å²) in [7, 11) is 0. The van der Waals surface area contributed by atoms with Crippen LogP contribution in [0.2, 0.25) is 20.1 Å². The maximum atomic E-state index is 12.7. The molecule has 9 heteroatoms. The molecule has 158 valence electrons. The van der Waals surface area contributed by atoms with Gasteiger partial charge in [-0.1, -0.05) is 52.5 Å². The average molecular weight is 488 g/mol. The minimum Gasteiger partial charge on any atom is -0.307 e. The van der Waals surface area contributed by atoms with Gasteiger partial charge in [0.1, 0.15) is 6.04 Å². The van der Waals surface area contributed by atoms with E-state index in [1.807, 2.05) is 6.07 Å². The molecule has 1 fully saturated rings. The van der Waals surface area contributed by atoms with E-state index in [1.54, 1.807) is 18.2 Å². The molecule has 3 amide bonds. The minimum atomic E-state index is -0.777. The van der Waals surface area contributed by atoms with Crippen LogP contribution in [0.4, 0.5) is 10.5 Å². The standard InChI is InChI=1S/C21H18Cl4N2O3/c22-13-5-4-12(16(24)10-13)2-1-3-19(28)18-8-9-20(29)27(18)21(30)26-14-6-7-15(23)17(25)11-14/h4-7,10-11,18H,1-3,8-9H2,(H,26,30)/t18-/m0/s1. The van der Waals surface area contributed by atoms with Crippen molar-refractivity contribution in [1.29, 1.82) is 0 Å². The molecule has 1 aliphatic heterocycles. The topological polar surface area (TPSA) is 66.5 Å². The molecule has 0 radical (unpaired) electrons. The summed E-state index contributed by atoms with van der Waals surface area (Å²) in [5, 5.41) is 4.32. The molecule has 0 bridgehead atoms. The van der Waals surface area contributed by atoms with Crippen LogP contribution in [0, 0.1) is 0 Å².